The summed E-state index contributed by atoms with van der Waals surface area (Å²) in [5.41, 5.74) is 3.80. The molecule has 4 nitrogen and oxygen atoms in total. The van der Waals surface area contributed by atoms with E-state index < -0.39 is 6.61 Å². The molecule has 0 unspecified atom stereocenters. The zero-order valence-electron chi connectivity index (χ0n) is 15.5. The Labute approximate surface area is 174 Å². The molecule has 5 aromatic rings. The van der Waals surface area contributed by atoms with Crippen LogP contribution in [0.25, 0.3) is 32.9 Å². The lowest BCUT2D eigenvalue weighted by molar-refractivity contribution is -0.0499. The van der Waals surface area contributed by atoms with Crippen molar-refractivity contribution in [2.75, 3.05) is 0 Å². The largest absolute Gasteiger partial charge is 0.434 e. The summed E-state index contributed by atoms with van der Waals surface area (Å²) in [5.74, 6) is 0.712. The minimum Gasteiger partial charge on any atom is -0.434 e. The van der Waals surface area contributed by atoms with Crippen LogP contribution in [-0.4, -0.2) is 21.6 Å². The highest BCUT2D eigenvalue weighted by atomic mass is 32.1. The molecule has 2 heterocycles. The molecule has 2 aromatic heterocycles. The first-order valence-electron chi connectivity index (χ1n) is 9.24. The Morgan fingerprint density at radius 3 is 2.43 bits per heavy atom. The third kappa shape index (κ3) is 3.55. The molecule has 30 heavy (non-hydrogen) atoms. The molecule has 0 aliphatic heterocycles. The molecule has 0 aliphatic carbocycles. The molecule has 1 N–H and O–H groups in total. The number of imidazole rings is 1. The Kier molecular flexibility index (Phi) is 4.72. The van der Waals surface area contributed by atoms with Gasteiger partial charge in [0.05, 0.1) is 26.8 Å². The van der Waals surface area contributed by atoms with Crippen LogP contribution >= 0.6 is 11.3 Å². The molecule has 0 saturated carbocycles. The molecule has 0 atom stereocenters. The molecule has 0 spiro atoms. The zero-order valence-corrected chi connectivity index (χ0v) is 16.4. The summed E-state index contributed by atoms with van der Waals surface area (Å²) in [4.78, 5) is 12.8. The summed E-state index contributed by atoms with van der Waals surface area (Å²) in [6.45, 7) is -2.91. The molecule has 0 radical (unpaired) electrons. The second-order valence-electron chi connectivity index (χ2n) is 6.56. The minimum absolute atomic E-state index is 0.0993. The summed E-state index contributed by atoms with van der Waals surface area (Å²) in [6, 6.07) is 22.2. The van der Waals surface area contributed by atoms with Gasteiger partial charge in [-0.1, -0.05) is 42.5 Å². The average Bonchev–Trinajstić information content (AvgIpc) is 3.36. The fraction of sp³-hybridized carbons (Fsp3) is 0.0435. The van der Waals surface area contributed by atoms with Crippen molar-refractivity contribution in [1.29, 1.82) is 0 Å². The van der Waals surface area contributed by atoms with E-state index in [1.807, 2.05) is 48.5 Å². The van der Waals surface area contributed by atoms with Crippen LogP contribution in [0.5, 0.6) is 5.75 Å². The van der Waals surface area contributed by atoms with E-state index in [1.54, 1.807) is 24.3 Å². The average molecular weight is 419 g/mol. The van der Waals surface area contributed by atoms with Crippen molar-refractivity contribution in [2.45, 2.75) is 6.61 Å². The lowest BCUT2D eigenvalue weighted by Gasteiger charge is -2.09. The fourth-order valence-corrected chi connectivity index (χ4v) is 4.24. The van der Waals surface area contributed by atoms with Crippen LogP contribution in [0, 0.1) is 0 Å². The number of halogens is 2. The normalized spacial score (nSPS) is 12.2. The van der Waals surface area contributed by atoms with Crippen molar-refractivity contribution < 1.29 is 13.5 Å². The molecule has 0 saturated heterocycles. The van der Waals surface area contributed by atoms with Crippen LogP contribution in [0.2, 0.25) is 0 Å². The number of para-hydroxylation sites is 4. The molecule has 5 rings (SSSR count). The maximum absolute atomic E-state index is 12.9. The fourth-order valence-electron chi connectivity index (χ4n) is 3.26. The van der Waals surface area contributed by atoms with E-state index >= 15 is 0 Å². The van der Waals surface area contributed by atoms with Gasteiger partial charge in [0, 0.05) is 5.56 Å². The minimum atomic E-state index is -2.91. The van der Waals surface area contributed by atoms with E-state index in [4.69, 9.17) is 14.7 Å². The van der Waals surface area contributed by atoms with Gasteiger partial charge < -0.3 is 9.72 Å². The van der Waals surface area contributed by atoms with Gasteiger partial charge in [-0.25, -0.2) is 9.97 Å². The second kappa shape index (κ2) is 7.68. The summed E-state index contributed by atoms with van der Waals surface area (Å²) in [7, 11) is 0. The number of thiazole rings is 1. The van der Waals surface area contributed by atoms with Gasteiger partial charge in [0.15, 0.2) is 0 Å². The SMILES string of the molecule is FC(F)Oc1ccccc1/C=C(/c1nc2ccccc2[nH]1)c1nc2ccccc2s1. The molecule has 0 fully saturated rings. The van der Waals surface area contributed by atoms with Crippen LogP contribution in [0.1, 0.15) is 16.4 Å². The molecule has 0 bridgehead atoms. The Morgan fingerprint density at radius 1 is 0.900 bits per heavy atom. The maximum Gasteiger partial charge on any atom is 0.387 e. The number of alkyl halides is 2. The van der Waals surface area contributed by atoms with Crippen molar-refractivity contribution in [3.05, 3.63) is 89.2 Å². The predicted octanol–water partition coefficient (Wildman–Crippen LogP) is 6.36. The molecule has 148 valence electrons. The van der Waals surface area contributed by atoms with Gasteiger partial charge in [0.25, 0.3) is 0 Å². The van der Waals surface area contributed by atoms with E-state index in [-0.39, 0.29) is 5.75 Å². The standard InChI is InChI=1S/C23H15F2N3OS/c24-23(25)29-19-11-5-1-7-14(19)13-15(21-26-16-8-2-3-9-17(16)27-21)22-28-18-10-4-6-12-20(18)30-22/h1-13,23H,(H,26,27)/b15-13-. The van der Waals surface area contributed by atoms with Crippen molar-refractivity contribution >= 4 is 44.2 Å². The molecular formula is C23H15F2N3OS. The van der Waals surface area contributed by atoms with Gasteiger partial charge in [-0.05, 0) is 36.4 Å². The first kappa shape index (κ1) is 18.4. The summed E-state index contributed by atoms with van der Waals surface area (Å²) in [6.07, 6.45) is 1.78. The molecule has 0 amide bonds. The van der Waals surface area contributed by atoms with E-state index in [0.717, 1.165) is 26.3 Å². The highest BCUT2D eigenvalue weighted by Gasteiger charge is 2.17. The van der Waals surface area contributed by atoms with E-state index in [0.29, 0.717) is 17.0 Å². The molecule has 3 aromatic carbocycles. The Morgan fingerprint density at radius 2 is 1.63 bits per heavy atom. The van der Waals surface area contributed by atoms with Crippen LogP contribution < -0.4 is 4.74 Å². The van der Waals surface area contributed by atoms with Gasteiger partial charge in [-0.3, -0.25) is 0 Å². The third-order valence-electron chi connectivity index (χ3n) is 4.60. The number of nitrogens with zero attached hydrogens (tertiary/aromatic N) is 2. The lowest BCUT2D eigenvalue weighted by atomic mass is 10.1. The van der Waals surface area contributed by atoms with Crippen LogP contribution in [0.3, 0.4) is 0 Å². The number of hydrogen-bond donors (Lipinski definition) is 1. The Hall–Kier alpha value is -3.58. The van der Waals surface area contributed by atoms with Gasteiger partial charge >= 0.3 is 6.61 Å². The number of aromatic nitrogens is 3. The van der Waals surface area contributed by atoms with Gasteiger partial charge in [-0.2, -0.15) is 8.78 Å². The number of ether oxygens (including phenoxy) is 1. The smallest absolute Gasteiger partial charge is 0.387 e. The third-order valence-corrected chi connectivity index (χ3v) is 5.67. The Balaban J connectivity index is 1.71. The number of rotatable bonds is 5. The Bertz CT molecular complexity index is 1230. The predicted molar refractivity (Wildman–Crippen MR) is 116 cm³/mol. The van der Waals surface area contributed by atoms with Crippen molar-refractivity contribution in [2.24, 2.45) is 0 Å². The molecular weight excluding hydrogens is 404 g/mol. The van der Waals surface area contributed by atoms with Gasteiger partial charge in [-0.15, -0.1) is 11.3 Å². The first-order chi connectivity index (χ1) is 14.7. The number of benzene rings is 3. The first-order valence-corrected chi connectivity index (χ1v) is 10.1. The highest BCUT2D eigenvalue weighted by Crippen LogP contribution is 2.34. The molecule has 0 aliphatic rings. The van der Waals surface area contributed by atoms with Gasteiger partial charge in [0.2, 0.25) is 0 Å². The van der Waals surface area contributed by atoms with Crippen molar-refractivity contribution in [1.82, 2.24) is 15.0 Å². The van der Waals surface area contributed by atoms with Crippen molar-refractivity contribution in [3.63, 3.8) is 0 Å². The number of fused-ring (bicyclic) bond motifs is 2. The van der Waals surface area contributed by atoms with Crippen LogP contribution in [0.4, 0.5) is 8.78 Å². The van der Waals surface area contributed by atoms with E-state index in [1.165, 1.54) is 17.4 Å². The zero-order chi connectivity index (χ0) is 20.5. The van der Waals surface area contributed by atoms with E-state index in [2.05, 4.69) is 4.98 Å². The molecule has 7 heteroatoms. The van der Waals surface area contributed by atoms with Crippen LogP contribution in [0.15, 0.2) is 72.8 Å². The number of hydrogen-bond acceptors (Lipinski definition) is 4. The van der Waals surface area contributed by atoms with Crippen LogP contribution in [-0.2, 0) is 0 Å². The number of H-pyrrole nitrogens is 1. The summed E-state index contributed by atoms with van der Waals surface area (Å²) < 4.78 is 31.5. The van der Waals surface area contributed by atoms with Gasteiger partial charge in [0.1, 0.15) is 16.6 Å². The topological polar surface area (TPSA) is 50.8 Å². The number of nitrogens with one attached hydrogen (secondary N) is 1. The lowest BCUT2D eigenvalue weighted by Crippen LogP contribution is -2.03. The van der Waals surface area contributed by atoms with E-state index in [9.17, 15) is 8.78 Å². The quantitative estimate of drug-likeness (QED) is 0.360. The summed E-state index contributed by atoms with van der Waals surface area (Å²) in [5, 5.41) is 0.738. The second-order valence-corrected chi connectivity index (χ2v) is 7.59. The monoisotopic (exact) mass is 419 g/mol. The van der Waals surface area contributed by atoms with Crippen molar-refractivity contribution in [3.8, 4) is 5.75 Å². The summed E-state index contributed by atoms with van der Waals surface area (Å²) >= 11 is 1.52. The maximum atomic E-state index is 12.9. The number of aromatic amines is 1. The highest BCUT2D eigenvalue weighted by molar-refractivity contribution is 7.19.